The van der Waals surface area contributed by atoms with Crippen LogP contribution in [0.1, 0.15) is 18.9 Å². The number of anilines is 1. The summed E-state index contributed by atoms with van der Waals surface area (Å²) in [6, 6.07) is 9.66. The van der Waals surface area contributed by atoms with Crippen LogP contribution >= 0.6 is 46.6 Å². The molecule has 0 saturated heterocycles. The second-order valence-electron chi connectivity index (χ2n) is 6.47. The van der Waals surface area contributed by atoms with E-state index in [4.69, 9.17) is 34.8 Å². The third kappa shape index (κ3) is 4.53. The highest BCUT2D eigenvalue weighted by molar-refractivity contribution is 7.99. The number of hydrogen-bond acceptors (Lipinski definition) is 4. The molecular weight excluding hydrogens is 458 g/mol. The predicted molar refractivity (Wildman–Crippen MR) is 115 cm³/mol. The van der Waals surface area contributed by atoms with Crippen LogP contribution in [0.3, 0.4) is 0 Å². The molecular formula is C19H14Cl3FN4OS. The van der Waals surface area contributed by atoms with Crippen molar-refractivity contribution in [2.45, 2.75) is 24.0 Å². The zero-order valence-corrected chi connectivity index (χ0v) is 17.9. The van der Waals surface area contributed by atoms with E-state index in [0.717, 1.165) is 12.8 Å². The molecule has 1 heterocycles. The first-order valence-electron chi connectivity index (χ1n) is 8.71. The van der Waals surface area contributed by atoms with Gasteiger partial charge in [0.25, 0.3) is 0 Å². The molecule has 0 unspecified atom stereocenters. The SMILES string of the molecule is O=C(CSc1nnc(-c2ccccc2F)n1C1CC1)Nc1c(Cl)cc(Cl)cc1Cl. The predicted octanol–water partition coefficient (Wildman–Crippen LogP) is 6.11. The van der Waals surface area contributed by atoms with Crippen molar-refractivity contribution < 1.29 is 9.18 Å². The summed E-state index contributed by atoms with van der Waals surface area (Å²) in [5.74, 6) is -0.128. The van der Waals surface area contributed by atoms with E-state index in [1.165, 1.54) is 30.0 Å². The highest BCUT2D eigenvalue weighted by atomic mass is 35.5. The van der Waals surface area contributed by atoms with Gasteiger partial charge in [-0.3, -0.25) is 9.36 Å². The van der Waals surface area contributed by atoms with Crippen LogP contribution in [-0.4, -0.2) is 26.4 Å². The van der Waals surface area contributed by atoms with Crippen LogP contribution in [0.2, 0.25) is 15.1 Å². The summed E-state index contributed by atoms with van der Waals surface area (Å²) in [6.45, 7) is 0. The molecule has 1 aliphatic rings. The third-order valence-electron chi connectivity index (χ3n) is 4.29. The van der Waals surface area contributed by atoms with E-state index in [1.54, 1.807) is 18.2 Å². The Labute approximate surface area is 185 Å². The molecule has 0 radical (unpaired) electrons. The molecule has 1 aromatic heterocycles. The molecule has 29 heavy (non-hydrogen) atoms. The highest BCUT2D eigenvalue weighted by Crippen LogP contribution is 2.41. The van der Waals surface area contributed by atoms with Crippen molar-refractivity contribution in [3.05, 3.63) is 57.3 Å². The molecule has 2 aromatic carbocycles. The standard InChI is InChI=1S/C19H14Cl3FN4OS/c20-10-7-13(21)17(14(22)8-10)24-16(28)9-29-19-26-25-18(27(19)11-5-6-11)12-3-1-2-4-15(12)23/h1-4,7-8,11H,5-6,9H2,(H,24,28). The van der Waals surface area contributed by atoms with E-state index < -0.39 is 0 Å². The Balaban J connectivity index is 1.51. The molecule has 1 aliphatic carbocycles. The number of nitrogens with one attached hydrogen (secondary N) is 1. The number of rotatable bonds is 6. The fourth-order valence-corrected chi connectivity index (χ4v) is 4.55. The quantitative estimate of drug-likeness (QED) is 0.441. The number of amides is 1. The minimum atomic E-state index is -0.358. The average molecular weight is 472 g/mol. The molecule has 10 heteroatoms. The van der Waals surface area contributed by atoms with Crippen LogP contribution in [0, 0.1) is 5.82 Å². The zero-order chi connectivity index (χ0) is 20.5. The number of aromatic nitrogens is 3. The van der Waals surface area contributed by atoms with Crippen molar-refractivity contribution in [3.63, 3.8) is 0 Å². The minimum Gasteiger partial charge on any atom is -0.323 e. The van der Waals surface area contributed by atoms with Crippen LogP contribution < -0.4 is 5.32 Å². The Hall–Kier alpha value is -1.80. The van der Waals surface area contributed by atoms with Gasteiger partial charge < -0.3 is 5.32 Å². The number of halogens is 4. The maximum atomic E-state index is 14.2. The maximum Gasteiger partial charge on any atom is 0.234 e. The summed E-state index contributed by atoms with van der Waals surface area (Å²) in [6.07, 6.45) is 1.93. The summed E-state index contributed by atoms with van der Waals surface area (Å²) < 4.78 is 16.1. The van der Waals surface area contributed by atoms with E-state index in [9.17, 15) is 9.18 Å². The van der Waals surface area contributed by atoms with Crippen molar-refractivity contribution in [1.29, 1.82) is 0 Å². The summed E-state index contributed by atoms with van der Waals surface area (Å²) in [4.78, 5) is 12.4. The van der Waals surface area contributed by atoms with Gasteiger partial charge in [-0.25, -0.2) is 4.39 Å². The van der Waals surface area contributed by atoms with Crippen LogP contribution in [0.5, 0.6) is 0 Å². The number of thioether (sulfide) groups is 1. The molecule has 0 bridgehead atoms. The molecule has 5 nitrogen and oxygen atoms in total. The number of carbonyl (C=O) groups is 1. The summed E-state index contributed by atoms with van der Waals surface area (Å²) in [5.41, 5.74) is 0.696. The average Bonchev–Trinajstić information content (AvgIpc) is 3.43. The molecule has 0 aliphatic heterocycles. The lowest BCUT2D eigenvalue weighted by Crippen LogP contribution is -2.15. The maximum absolute atomic E-state index is 14.2. The van der Waals surface area contributed by atoms with Gasteiger partial charge in [0.15, 0.2) is 11.0 Å². The highest BCUT2D eigenvalue weighted by Gasteiger charge is 2.31. The second-order valence-corrected chi connectivity index (χ2v) is 8.66. The Kier molecular flexibility index (Phi) is 6.01. The van der Waals surface area contributed by atoms with E-state index in [0.29, 0.717) is 27.3 Å². The fraction of sp³-hybridized carbons (Fsp3) is 0.211. The Morgan fingerprint density at radius 3 is 2.52 bits per heavy atom. The zero-order valence-electron chi connectivity index (χ0n) is 14.8. The van der Waals surface area contributed by atoms with Crippen LogP contribution in [0.25, 0.3) is 11.4 Å². The van der Waals surface area contributed by atoms with Crippen molar-refractivity contribution in [1.82, 2.24) is 14.8 Å². The van der Waals surface area contributed by atoms with Gasteiger partial charge in [-0.15, -0.1) is 10.2 Å². The summed E-state index contributed by atoms with van der Waals surface area (Å²) in [5, 5.41) is 12.5. The molecule has 1 saturated carbocycles. The first kappa shape index (κ1) is 20.5. The van der Waals surface area contributed by atoms with Crippen LogP contribution in [0.4, 0.5) is 10.1 Å². The smallest absolute Gasteiger partial charge is 0.234 e. The van der Waals surface area contributed by atoms with Gasteiger partial charge >= 0.3 is 0 Å². The topological polar surface area (TPSA) is 59.8 Å². The molecule has 4 rings (SSSR count). The normalized spacial score (nSPS) is 13.5. The largest absolute Gasteiger partial charge is 0.323 e. The minimum absolute atomic E-state index is 0.0669. The number of benzene rings is 2. The van der Waals surface area contributed by atoms with Crippen LogP contribution in [-0.2, 0) is 4.79 Å². The summed E-state index contributed by atoms with van der Waals surface area (Å²) >= 11 is 19.3. The van der Waals surface area contributed by atoms with E-state index in [2.05, 4.69) is 15.5 Å². The second kappa shape index (κ2) is 8.52. The molecule has 0 spiro atoms. The van der Waals surface area contributed by atoms with Gasteiger partial charge in [0.2, 0.25) is 5.91 Å². The molecule has 0 atom stereocenters. The number of carbonyl (C=O) groups excluding carboxylic acids is 1. The lowest BCUT2D eigenvalue weighted by Gasteiger charge is -2.11. The van der Waals surface area contributed by atoms with Crippen molar-refractivity contribution in [2.75, 3.05) is 11.1 Å². The van der Waals surface area contributed by atoms with Gasteiger partial charge in [0.05, 0.1) is 27.0 Å². The molecule has 1 N–H and O–H groups in total. The van der Waals surface area contributed by atoms with Gasteiger partial charge in [0.1, 0.15) is 5.82 Å². The van der Waals surface area contributed by atoms with E-state index in [1.807, 2.05) is 4.57 Å². The first-order valence-corrected chi connectivity index (χ1v) is 10.8. The van der Waals surface area contributed by atoms with E-state index >= 15 is 0 Å². The molecule has 1 fully saturated rings. The van der Waals surface area contributed by atoms with Gasteiger partial charge in [-0.05, 0) is 37.1 Å². The van der Waals surface area contributed by atoms with Gasteiger partial charge in [-0.2, -0.15) is 0 Å². The van der Waals surface area contributed by atoms with Gasteiger partial charge in [-0.1, -0.05) is 58.7 Å². The van der Waals surface area contributed by atoms with Crippen molar-refractivity contribution in [3.8, 4) is 11.4 Å². The van der Waals surface area contributed by atoms with Crippen molar-refractivity contribution in [2.24, 2.45) is 0 Å². The van der Waals surface area contributed by atoms with Crippen molar-refractivity contribution >= 4 is 58.2 Å². The molecule has 3 aromatic rings. The Bertz CT molecular complexity index is 1060. The van der Waals surface area contributed by atoms with E-state index in [-0.39, 0.29) is 33.6 Å². The third-order valence-corrected chi connectivity index (χ3v) is 6.05. The fourth-order valence-electron chi connectivity index (χ4n) is 2.83. The Morgan fingerprint density at radius 1 is 1.17 bits per heavy atom. The lowest BCUT2D eigenvalue weighted by molar-refractivity contribution is -0.113. The number of hydrogen-bond donors (Lipinski definition) is 1. The van der Waals surface area contributed by atoms with Gasteiger partial charge in [0, 0.05) is 11.1 Å². The Morgan fingerprint density at radius 2 is 1.86 bits per heavy atom. The summed E-state index contributed by atoms with van der Waals surface area (Å²) in [7, 11) is 0. The number of nitrogens with zero attached hydrogens (tertiary/aromatic N) is 3. The molecule has 150 valence electrons. The molecule has 1 amide bonds. The first-order chi connectivity index (χ1) is 13.9. The van der Waals surface area contributed by atoms with Crippen LogP contribution in [0.15, 0.2) is 41.6 Å². The monoisotopic (exact) mass is 470 g/mol. The lowest BCUT2D eigenvalue weighted by atomic mass is 10.2.